The molecule has 0 bridgehead atoms. The summed E-state index contributed by atoms with van der Waals surface area (Å²) in [7, 11) is 0. The van der Waals surface area contributed by atoms with E-state index in [2.05, 4.69) is 27.8 Å². The van der Waals surface area contributed by atoms with Crippen molar-refractivity contribution in [2.75, 3.05) is 13.3 Å². The molecular weight excluding hydrogens is 202 g/mol. The number of rotatable bonds is 2. The summed E-state index contributed by atoms with van der Waals surface area (Å²) < 4.78 is 0. The molecule has 5 heteroatoms. The largest absolute Gasteiger partial charge is 0.366 e. The average Bonchev–Trinajstić information content (AvgIpc) is 2.33. The van der Waals surface area contributed by atoms with Crippen molar-refractivity contribution in [2.24, 2.45) is 0 Å². The Morgan fingerprint density at radius 3 is 2.88 bits per heavy atom. The van der Waals surface area contributed by atoms with Gasteiger partial charge < -0.3 is 0 Å². The van der Waals surface area contributed by atoms with Crippen LogP contribution in [0.4, 0.5) is 0 Å². The molecule has 0 saturated heterocycles. The molecule has 4 N–H and O–H groups in total. The SMILES string of the molecule is N#CNC1=[NH+]C[NH+](Cc2ccccc2)CN1. The highest BCUT2D eigenvalue weighted by atomic mass is 15.4. The highest BCUT2D eigenvalue weighted by molar-refractivity contribution is 5.75. The molecule has 0 aliphatic carbocycles. The van der Waals surface area contributed by atoms with Crippen LogP contribution in [0, 0.1) is 11.5 Å². The van der Waals surface area contributed by atoms with Gasteiger partial charge in [-0.1, -0.05) is 30.3 Å². The van der Waals surface area contributed by atoms with Gasteiger partial charge in [0.25, 0.3) is 6.19 Å². The molecule has 0 radical (unpaired) electrons. The number of benzene rings is 1. The summed E-state index contributed by atoms with van der Waals surface area (Å²) in [6, 6.07) is 10.4. The summed E-state index contributed by atoms with van der Waals surface area (Å²) in [5, 5.41) is 14.1. The third kappa shape index (κ3) is 2.72. The van der Waals surface area contributed by atoms with Crippen LogP contribution in [0.5, 0.6) is 0 Å². The predicted molar refractivity (Wildman–Crippen MR) is 58.7 cm³/mol. The fourth-order valence-electron chi connectivity index (χ4n) is 1.71. The minimum absolute atomic E-state index is 0.694. The van der Waals surface area contributed by atoms with E-state index in [1.54, 1.807) is 0 Å². The number of nitriles is 1. The van der Waals surface area contributed by atoms with Gasteiger partial charge in [-0.05, 0) is 0 Å². The van der Waals surface area contributed by atoms with Gasteiger partial charge in [-0.2, -0.15) is 10.6 Å². The molecule has 16 heavy (non-hydrogen) atoms. The predicted octanol–water partition coefficient (Wildman–Crippen LogP) is -2.90. The Morgan fingerprint density at radius 2 is 2.25 bits per heavy atom. The van der Waals surface area contributed by atoms with Crippen molar-refractivity contribution in [3.8, 4) is 6.19 Å². The number of guanidine groups is 1. The molecule has 1 atom stereocenters. The summed E-state index contributed by atoms with van der Waals surface area (Å²) in [5.74, 6) is 0.694. The van der Waals surface area contributed by atoms with Crippen LogP contribution in [0.15, 0.2) is 30.3 Å². The summed E-state index contributed by atoms with van der Waals surface area (Å²) in [5.41, 5.74) is 1.32. The zero-order valence-electron chi connectivity index (χ0n) is 8.96. The summed E-state index contributed by atoms with van der Waals surface area (Å²) in [6.45, 7) is 2.60. The molecule has 82 valence electrons. The topological polar surface area (TPSA) is 66.3 Å². The molecule has 0 amide bonds. The Hall–Kier alpha value is -2.06. The Bertz CT molecular complexity index is 406. The second-order valence-electron chi connectivity index (χ2n) is 3.73. The lowest BCUT2D eigenvalue weighted by Crippen LogP contribution is -3.23. The molecular formula is C11H15N5+2. The normalized spacial score (nSPS) is 19.2. The van der Waals surface area contributed by atoms with Crippen LogP contribution in [0.2, 0.25) is 0 Å². The number of nitrogens with one attached hydrogen (secondary N) is 4. The first-order valence-electron chi connectivity index (χ1n) is 5.26. The molecule has 0 saturated carbocycles. The van der Waals surface area contributed by atoms with E-state index in [9.17, 15) is 0 Å². The van der Waals surface area contributed by atoms with Gasteiger partial charge >= 0.3 is 5.96 Å². The van der Waals surface area contributed by atoms with E-state index < -0.39 is 0 Å². The highest BCUT2D eigenvalue weighted by Crippen LogP contribution is 1.94. The smallest absolute Gasteiger partial charge is 0.273 e. The van der Waals surface area contributed by atoms with Crippen molar-refractivity contribution < 1.29 is 9.89 Å². The molecule has 1 unspecified atom stereocenters. The number of hydrogen-bond acceptors (Lipinski definition) is 3. The van der Waals surface area contributed by atoms with Crippen molar-refractivity contribution in [1.82, 2.24) is 10.6 Å². The quantitative estimate of drug-likeness (QED) is 0.317. The zero-order valence-corrected chi connectivity index (χ0v) is 8.96. The average molecular weight is 217 g/mol. The maximum Gasteiger partial charge on any atom is 0.366 e. The van der Waals surface area contributed by atoms with E-state index in [0.29, 0.717) is 5.96 Å². The lowest BCUT2D eigenvalue weighted by Gasteiger charge is -2.19. The first-order valence-corrected chi connectivity index (χ1v) is 5.26. The molecule has 0 spiro atoms. The lowest BCUT2D eigenvalue weighted by molar-refractivity contribution is -0.991. The number of quaternary nitrogens is 1. The molecule has 1 aromatic rings. The van der Waals surface area contributed by atoms with E-state index in [0.717, 1.165) is 19.9 Å². The van der Waals surface area contributed by atoms with Gasteiger partial charge in [0.05, 0.1) is 0 Å². The second kappa shape index (κ2) is 5.14. The maximum atomic E-state index is 8.45. The molecule has 0 fully saturated rings. The van der Waals surface area contributed by atoms with Crippen molar-refractivity contribution in [3.63, 3.8) is 0 Å². The van der Waals surface area contributed by atoms with Crippen LogP contribution in [-0.4, -0.2) is 19.3 Å². The Morgan fingerprint density at radius 1 is 1.44 bits per heavy atom. The molecule has 5 nitrogen and oxygen atoms in total. The van der Waals surface area contributed by atoms with Gasteiger partial charge in [-0.25, -0.2) is 10.3 Å². The number of hydrogen-bond donors (Lipinski definition) is 4. The van der Waals surface area contributed by atoms with E-state index in [1.807, 2.05) is 24.4 Å². The third-order valence-corrected chi connectivity index (χ3v) is 2.51. The van der Waals surface area contributed by atoms with Crippen LogP contribution in [-0.2, 0) is 6.54 Å². The maximum absolute atomic E-state index is 8.45. The highest BCUT2D eigenvalue weighted by Gasteiger charge is 2.19. The van der Waals surface area contributed by atoms with Crippen molar-refractivity contribution in [2.45, 2.75) is 6.54 Å². The third-order valence-electron chi connectivity index (χ3n) is 2.51. The summed E-state index contributed by atoms with van der Waals surface area (Å²) in [4.78, 5) is 4.51. The molecule has 2 rings (SSSR count). The first kappa shape index (κ1) is 10.5. The Balaban J connectivity index is 1.89. The fraction of sp³-hybridized carbons (Fsp3) is 0.273. The lowest BCUT2D eigenvalue weighted by atomic mass is 10.2. The zero-order chi connectivity index (χ0) is 11.2. The van der Waals surface area contributed by atoms with Crippen LogP contribution in [0.1, 0.15) is 5.56 Å². The molecule has 1 heterocycles. The summed E-state index contributed by atoms with van der Waals surface area (Å²) >= 11 is 0. The first-order chi connectivity index (χ1) is 7.88. The van der Waals surface area contributed by atoms with Crippen molar-refractivity contribution in [3.05, 3.63) is 35.9 Å². The van der Waals surface area contributed by atoms with Crippen LogP contribution in [0.3, 0.4) is 0 Å². The number of nitrogens with zero attached hydrogens (tertiary/aromatic N) is 1. The molecule has 1 aromatic carbocycles. The van der Waals surface area contributed by atoms with Gasteiger partial charge in [-0.3, -0.25) is 4.90 Å². The van der Waals surface area contributed by atoms with E-state index in [4.69, 9.17) is 5.26 Å². The Kier molecular flexibility index (Phi) is 3.36. The standard InChI is InChI=1S/C11H13N5/c12-7-13-11-14-8-16(9-15-11)6-10-4-2-1-3-5-10/h1-5H,6,8-9H2,(H2,13,14,15)/p+2. The molecule has 0 aromatic heterocycles. The van der Waals surface area contributed by atoms with Gasteiger partial charge in [0, 0.05) is 5.56 Å². The van der Waals surface area contributed by atoms with E-state index in [-0.39, 0.29) is 0 Å². The van der Waals surface area contributed by atoms with Crippen LogP contribution >= 0.6 is 0 Å². The van der Waals surface area contributed by atoms with Crippen LogP contribution in [0.25, 0.3) is 0 Å². The van der Waals surface area contributed by atoms with Gasteiger partial charge in [0.1, 0.15) is 6.54 Å². The van der Waals surface area contributed by atoms with E-state index >= 15 is 0 Å². The van der Waals surface area contributed by atoms with Crippen molar-refractivity contribution in [1.29, 1.82) is 5.26 Å². The summed E-state index contributed by atoms with van der Waals surface area (Å²) in [6.07, 6.45) is 1.88. The minimum atomic E-state index is 0.694. The minimum Gasteiger partial charge on any atom is -0.273 e. The second-order valence-corrected chi connectivity index (χ2v) is 3.73. The van der Waals surface area contributed by atoms with Crippen LogP contribution < -0.4 is 20.5 Å². The van der Waals surface area contributed by atoms with Gasteiger partial charge in [0.2, 0.25) is 0 Å². The van der Waals surface area contributed by atoms with E-state index in [1.165, 1.54) is 10.5 Å². The molecule has 1 aliphatic heterocycles. The van der Waals surface area contributed by atoms with Gasteiger partial charge in [-0.15, -0.1) is 0 Å². The van der Waals surface area contributed by atoms with Crippen molar-refractivity contribution >= 4 is 5.96 Å². The Labute approximate surface area is 94.4 Å². The monoisotopic (exact) mass is 217 g/mol. The van der Waals surface area contributed by atoms with Gasteiger partial charge in [0.15, 0.2) is 13.3 Å². The fourth-order valence-corrected chi connectivity index (χ4v) is 1.71. The molecule has 1 aliphatic rings.